The van der Waals surface area contributed by atoms with E-state index in [2.05, 4.69) is 4.98 Å². The molecular weight excluding hydrogens is 525 g/mol. The Balaban J connectivity index is 1.78. The van der Waals surface area contributed by atoms with Gasteiger partial charge in [-0.3, -0.25) is 0 Å². The maximum Gasteiger partial charge on any atom is 0.337 e. The molecule has 0 aliphatic heterocycles. The number of rotatable bonds is 6. The molecule has 1 unspecified atom stereocenters. The van der Waals surface area contributed by atoms with Crippen LogP contribution in [0.2, 0.25) is 0 Å². The Kier molecular flexibility index (Phi) is 7.00. The number of hydrogen-bond donors (Lipinski definition) is 3. The highest BCUT2D eigenvalue weighted by Crippen LogP contribution is 2.40. The molecule has 3 N–H and O–H groups in total. The van der Waals surface area contributed by atoms with Gasteiger partial charge in [-0.25, -0.2) is 18.7 Å². The van der Waals surface area contributed by atoms with Gasteiger partial charge >= 0.3 is 5.97 Å². The summed E-state index contributed by atoms with van der Waals surface area (Å²) in [6.07, 6.45) is -1.38. The van der Waals surface area contributed by atoms with Gasteiger partial charge in [0.05, 0.1) is 17.0 Å². The summed E-state index contributed by atoms with van der Waals surface area (Å²) >= 11 is 0. The average molecular weight is 556 g/mol. The van der Waals surface area contributed by atoms with Crippen molar-refractivity contribution in [3.63, 3.8) is 0 Å². The van der Waals surface area contributed by atoms with Crippen molar-refractivity contribution >= 4 is 11.6 Å². The Bertz CT molecular complexity index is 1790. The summed E-state index contributed by atoms with van der Waals surface area (Å²) in [5.74, 6) is -1.59. The van der Waals surface area contributed by atoms with Crippen LogP contribution < -0.4 is 0 Å². The topological polar surface area (TPSA) is 117 Å². The first-order valence-corrected chi connectivity index (χ1v) is 13.0. The summed E-state index contributed by atoms with van der Waals surface area (Å²) in [5.41, 5.74) is 3.81. The first kappa shape index (κ1) is 27.8. The average Bonchev–Trinajstić information content (AvgIpc) is 3.31. The first-order valence-electron chi connectivity index (χ1n) is 13.0. The smallest absolute Gasteiger partial charge is 0.337 e. The lowest BCUT2D eigenvalue weighted by Gasteiger charge is -2.27. The molecule has 9 heteroatoms. The highest BCUT2D eigenvalue weighted by Gasteiger charge is 2.33. The molecule has 2 heterocycles. The van der Waals surface area contributed by atoms with Gasteiger partial charge in [0.15, 0.2) is 11.8 Å². The van der Waals surface area contributed by atoms with E-state index >= 15 is 0 Å². The van der Waals surface area contributed by atoms with Crippen LogP contribution >= 0.6 is 0 Å². The van der Waals surface area contributed by atoms with Gasteiger partial charge < -0.3 is 20.1 Å². The van der Waals surface area contributed by atoms with E-state index in [0.717, 1.165) is 0 Å². The van der Waals surface area contributed by atoms with Crippen LogP contribution in [-0.4, -0.2) is 41.5 Å². The number of nitrogens with zero attached hydrogens (tertiary/aromatic N) is 3. The van der Waals surface area contributed by atoms with Gasteiger partial charge in [-0.1, -0.05) is 36.4 Å². The Hall–Kier alpha value is -4.76. The highest BCUT2D eigenvalue weighted by molar-refractivity contribution is 5.84. The summed E-state index contributed by atoms with van der Waals surface area (Å²) in [4.78, 5) is 17.2. The Morgan fingerprint density at radius 2 is 1.61 bits per heavy atom. The second-order valence-electron chi connectivity index (χ2n) is 10.9. The number of phenols is 2. The molecule has 1 atom stereocenters. The fourth-order valence-corrected chi connectivity index (χ4v) is 4.81. The van der Waals surface area contributed by atoms with Crippen LogP contribution in [-0.2, 0) is 9.53 Å². The number of hydrogen-bond acceptors (Lipinski definition) is 6. The number of ether oxygens (including phenoxy) is 1. The standard InChI is InChI=1S/C32H30FN3O5/c1-17-9-10-20(15-25(17)37)28-27(30(31(39)40)41-32(3,4)5)18(2)34-26-16-24(35-36(26)28)23-8-6-7-22(29(23)38)19-11-13-21(33)14-12-19/h6-16,30,37-38H,1-5H3,(H,39,40). The predicted molar refractivity (Wildman–Crippen MR) is 153 cm³/mol. The number of halogens is 1. The molecule has 0 amide bonds. The van der Waals surface area contributed by atoms with Crippen LogP contribution in [0.25, 0.3) is 39.3 Å². The molecule has 3 aromatic carbocycles. The van der Waals surface area contributed by atoms with Gasteiger partial charge in [-0.2, -0.15) is 5.10 Å². The summed E-state index contributed by atoms with van der Waals surface area (Å²) in [6, 6.07) is 17.8. The highest BCUT2D eigenvalue weighted by atomic mass is 19.1. The third kappa shape index (κ3) is 5.36. The van der Waals surface area contributed by atoms with E-state index < -0.39 is 17.7 Å². The number of para-hydroxylation sites is 1. The largest absolute Gasteiger partial charge is 0.508 e. The van der Waals surface area contributed by atoms with Crippen LogP contribution in [0.4, 0.5) is 4.39 Å². The quantitative estimate of drug-likeness (QED) is 0.210. The number of fused-ring (bicyclic) bond motifs is 1. The van der Waals surface area contributed by atoms with Crippen molar-refractivity contribution in [3.05, 3.63) is 89.4 Å². The number of aliphatic carboxylic acids is 1. The molecule has 0 bridgehead atoms. The number of carboxylic acids is 1. The van der Waals surface area contributed by atoms with Crippen LogP contribution in [0.3, 0.4) is 0 Å². The van der Waals surface area contributed by atoms with E-state index in [-0.39, 0.29) is 17.3 Å². The SMILES string of the molecule is Cc1ccc(-c2c(C(OC(C)(C)C)C(=O)O)c(C)nc3cc(-c4cccc(-c5ccc(F)cc5)c4O)nn23)cc1O. The molecule has 0 fully saturated rings. The van der Waals surface area contributed by atoms with Gasteiger partial charge in [0.1, 0.15) is 17.3 Å². The fraction of sp³-hybridized carbons (Fsp3) is 0.219. The lowest BCUT2D eigenvalue weighted by molar-refractivity contribution is -0.160. The van der Waals surface area contributed by atoms with Gasteiger partial charge in [0.2, 0.25) is 0 Å². The van der Waals surface area contributed by atoms with E-state index in [0.29, 0.717) is 56.1 Å². The molecule has 0 spiro atoms. The van der Waals surface area contributed by atoms with E-state index in [1.807, 2.05) is 0 Å². The lowest BCUT2D eigenvalue weighted by atomic mass is 9.98. The van der Waals surface area contributed by atoms with Crippen LogP contribution in [0, 0.1) is 19.7 Å². The maximum absolute atomic E-state index is 13.5. The lowest BCUT2D eigenvalue weighted by Crippen LogP contribution is -2.29. The third-order valence-electron chi connectivity index (χ3n) is 6.74. The van der Waals surface area contributed by atoms with Crippen LogP contribution in [0.5, 0.6) is 11.5 Å². The second kappa shape index (κ2) is 10.3. The molecule has 0 aliphatic rings. The molecule has 0 aliphatic carbocycles. The van der Waals surface area contributed by atoms with Crippen molar-refractivity contribution in [2.24, 2.45) is 0 Å². The van der Waals surface area contributed by atoms with Gasteiger partial charge in [-0.15, -0.1) is 0 Å². The summed E-state index contributed by atoms with van der Waals surface area (Å²) in [5, 5.41) is 36.8. The zero-order chi connectivity index (χ0) is 29.6. The summed E-state index contributed by atoms with van der Waals surface area (Å²) in [6.45, 7) is 8.77. The number of carboxylic acid groups (broad SMARTS) is 1. The van der Waals surface area contributed by atoms with Gasteiger partial charge in [0.25, 0.3) is 0 Å². The molecule has 0 saturated carbocycles. The van der Waals surface area contributed by atoms with E-state index in [9.17, 15) is 24.5 Å². The van der Waals surface area contributed by atoms with Crippen LogP contribution in [0.1, 0.15) is 43.7 Å². The number of aromatic hydroxyl groups is 2. The van der Waals surface area contributed by atoms with Crippen molar-refractivity contribution in [1.29, 1.82) is 0 Å². The Morgan fingerprint density at radius 3 is 2.24 bits per heavy atom. The normalized spacial score (nSPS) is 12.5. The van der Waals surface area contributed by atoms with E-state index in [1.165, 1.54) is 16.6 Å². The fourth-order valence-electron chi connectivity index (χ4n) is 4.81. The van der Waals surface area contributed by atoms with Crippen molar-refractivity contribution in [3.8, 4) is 45.1 Å². The minimum Gasteiger partial charge on any atom is -0.508 e. The minimum atomic E-state index is -1.38. The second-order valence-corrected chi connectivity index (χ2v) is 10.9. The van der Waals surface area contributed by atoms with Gasteiger partial charge in [0, 0.05) is 34.0 Å². The summed E-state index contributed by atoms with van der Waals surface area (Å²) in [7, 11) is 0. The van der Waals surface area contributed by atoms with Gasteiger partial charge in [-0.05, 0) is 70.0 Å². The number of aromatic nitrogens is 3. The molecule has 2 aromatic heterocycles. The molecule has 0 saturated heterocycles. The van der Waals surface area contributed by atoms with E-state index in [1.54, 1.807) is 89.2 Å². The summed E-state index contributed by atoms with van der Waals surface area (Å²) < 4.78 is 21.0. The molecule has 5 rings (SSSR count). The Labute approximate surface area is 236 Å². The molecule has 5 aromatic rings. The zero-order valence-corrected chi connectivity index (χ0v) is 23.3. The number of phenolic OH excluding ortho intramolecular Hbond substituents is 2. The van der Waals surface area contributed by atoms with Crippen molar-refractivity contribution in [2.75, 3.05) is 0 Å². The minimum absolute atomic E-state index is 0.0386. The third-order valence-corrected chi connectivity index (χ3v) is 6.74. The molecule has 210 valence electrons. The van der Waals surface area contributed by atoms with Crippen LogP contribution in [0.15, 0.2) is 66.7 Å². The predicted octanol–water partition coefficient (Wildman–Crippen LogP) is 6.84. The zero-order valence-electron chi connectivity index (χ0n) is 23.3. The van der Waals surface area contributed by atoms with Crippen molar-refractivity contribution in [1.82, 2.24) is 14.6 Å². The number of carbonyl (C=O) groups is 1. The van der Waals surface area contributed by atoms with E-state index in [4.69, 9.17) is 9.84 Å². The molecular formula is C32H30FN3O5. The van der Waals surface area contributed by atoms with Crippen molar-refractivity contribution in [2.45, 2.75) is 46.3 Å². The maximum atomic E-state index is 13.5. The number of aryl methyl sites for hydroxylation is 2. The van der Waals surface area contributed by atoms with Crippen molar-refractivity contribution < 1.29 is 29.2 Å². The number of benzene rings is 3. The Morgan fingerprint density at radius 1 is 0.951 bits per heavy atom. The molecule has 0 radical (unpaired) electrons. The monoisotopic (exact) mass is 555 g/mol. The first-order chi connectivity index (χ1) is 19.3. The molecule has 8 nitrogen and oxygen atoms in total. The molecule has 41 heavy (non-hydrogen) atoms.